The average molecular weight is 190 g/mol. The van der Waals surface area contributed by atoms with Crippen LogP contribution in [0.25, 0.3) is 11.0 Å². The van der Waals surface area contributed by atoms with Crippen molar-refractivity contribution in [1.82, 2.24) is 0 Å². The minimum absolute atomic E-state index is 0.555. The monoisotopic (exact) mass is 190 g/mol. The number of hydrogen-bond acceptors (Lipinski definition) is 3. The zero-order chi connectivity index (χ0) is 10.1. The fourth-order valence-corrected chi connectivity index (χ4v) is 1.65. The Morgan fingerprint density at radius 3 is 2.93 bits per heavy atom. The third kappa shape index (κ3) is 1.09. The molecule has 0 spiro atoms. The molecule has 0 saturated carbocycles. The molecule has 72 valence electrons. The number of carbonyl (C=O) groups excluding carboxylic acids is 1. The summed E-state index contributed by atoms with van der Waals surface area (Å²) in [6.45, 7) is 1.87. The number of furan rings is 1. The molecule has 0 aliphatic rings. The highest BCUT2D eigenvalue weighted by molar-refractivity contribution is 5.92. The molecule has 0 N–H and O–H groups in total. The number of methoxy groups -OCH3 is 1. The molecule has 1 aromatic heterocycles. The standard InChI is InChI=1S/C11H10O3/c1-7-10(13-2)9(6-12)5-8-3-4-14-11(7)8/h3-6H,1-2H3. The second-order valence-electron chi connectivity index (χ2n) is 3.08. The maximum atomic E-state index is 10.8. The highest BCUT2D eigenvalue weighted by Crippen LogP contribution is 2.30. The Bertz CT molecular complexity index is 482. The molecule has 3 nitrogen and oxygen atoms in total. The summed E-state index contributed by atoms with van der Waals surface area (Å²) in [6, 6.07) is 3.59. The van der Waals surface area contributed by atoms with Crippen molar-refractivity contribution in [2.24, 2.45) is 0 Å². The van der Waals surface area contributed by atoms with Crippen LogP contribution >= 0.6 is 0 Å². The van der Waals surface area contributed by atoms with Gasteiger partial charge < -0.3 is 9.15 Å². The van der Waals surface area contributed by atoms with Gasteiger partial charge in [-0.1, -0.05) is 0 Å². The van der Waals surface area contributed by atoms with E-state index >= 15 is 0 Å². The van der Waals surface area contributed by atoms with E-state index in [1.807, 2.05) is 13.0 Å². The molecule has 1 aromatic carbocycles. The van der Waals surface area contributed by atoms with E-state index < -0.39 is 0 Å². The van der Waals surface area contributed by atoms with Gasteiger partial charge in [0.25, 0.3) is 0 Å². The zero-order valence-corrected chi connectivity index (χ0v) is 8.03. The van der Waals surface area contributed by atoms with Crippen molar-refractivity contribution >= 4 is 17.3 Å². The molecule has 0 atom stereocenters. The average Bonchev–Trinajstić information content (AvgIpc) is 2.65. The lowest BCUT2D eigenvalue weighted by molar-refractivity contribution is 0.112. The van der Waals surface area contributed by atoms with Crippen molar-refractivity contribution in [3.8, 4) is 5.75 Å². The number of carbonyl (C=O) groups is 1. The van der Waals surface area contributed by atoms with Gasteiger partial charge in [0.2, 0.25) is 0 Å². The van der Waals surface area contributed by atoms with Crippen LogP contribution in [0.3, 0.4) is 0 Å². The Balaban J connectivity index is 2.85. The van der Waals surface area contributed by atoms with Crippen molar-refractivity contribution < 1.29 is 13.9 Å². The van der Waals surface area contributed by atoms with Gasteiger partial charge in [-0.05, 0) is 19.1 Å². The smallest absolute Gasteiger partial charge is 0.153 e. The molecule has 0 amide bonds. The molecule has 0 bridgehead atoms. The van der Waals surface area contributed by atoms with E-state index in [1.165, 1.54) is 0 Å². The summed E-state index contributed by atoms with van der Waals surface area (Å²) in [7, 11) is 1.55. The fraction of sp³-hybridized carbons (Fsp3) is 0.182. The minimum atomic E-state index is 0.555. The number of rotatable bonds is 2. The van der Waals surface area contributed by atoms with Crippen LogP contribution in [0.4, 0.5) is 0 Å². The maximum absolute atomic E-state index is 10.8. The van der Waals surface area contributed by atoms with Gasteiger partial charge >= 0.3 is 0 Å². The van der Waals surface area contributed by atoms with Crippen LogP contribution in [0.1, 0.15) is 15.9 Å². The lowest BCUT2D eigenvalue weighted by Crippen LogP contribution is -1.93. The normalized spacial score (nSPS) is 10.4. The van der Waals surface area contributed by atoms with E-state index in [1.54, 1.807) is 19.4 Å². The molecule has 0 saturated heterocycles. The lowest BCUT2D eigenvalue weighted by Gasteiger charge is -2.07. The van der Waals surface area contributed by atoms with Gasteiger partial charge in [-0.2, -0.15) is 0 Å². The Kier molecular flexibility index (Phi) is 2.00. The van der Waals surface area contributed by atoms with Gasteiger partial charge in [-0.25, -0.2) is 0 Å². The molecule has 0 radical (unpaired) electrons. The highest BCUT2D eigenvalue weighted by atomic mass is 16.5. The summed E-state index contributed by atoms with van der Waals surface area (Å²) in [6.07, 6.45) is 2.39. The molecule has 0 aliphatic heterocycles. The van der Waals surface area contributed by atoms with Crippen LogP contribution in [0, 0.1) is 6.92 Å². The van der Waals surface area contributed by atoms with E-state index in [2.05, 4.69) is 0 Å². The third-order valence-corrected chi connectivity index (χ3v) is 2.28. The van der Waals surface area contributed by atoms with E-state index in [9.17, 15) is 4.79 Å². The molecule has 1 heterocycles. The van der Waals surface area contributed by atoms with E-state index in [0.717, 1.165) is 22.8 Å². The van der Waals surface area contributed by atoms with Crippen molar-refractivity contribution in [2.45, 2.75) is 6.92 Å². The SMILES string of the molecule is COc1c(C=O)cc2ccoc2c1C. The van der Waals surface area contributed by atoms with Gasteiger partial charge in [0.05, 0.1) is 18.9 Å². The first-order chi connectivity index (χ1) is 6.77. The number of aryl methyl sites for hydroxylation is 1. The zero-order valence-electron chi connectivity index (χ0n) is 8.03. The van der Waals surface area contributed by atoms with Gasteiger partial charge in [0.15, 0.2) is 6.29 Å². The predicted octanol–water partition coefficient (Wildman–Crippen LogP) is 2.56. The Hall–Kier alpha value is -1.77. The predicted molar refractivity (Wildman–Crippen MR) is 52.9 cm³/mol. The van der Waals surface area contributed by atoms with Gasteiger partial charge in [-0.3, -0.25) is 4.79 Å². The largest absolute Gasteiger partial charge is 0.496 e. The van der Waals surface area contributed by atoms with Crippen LogP contribution < -0.4 is 4.74 Å². The highest BCUT2D eigenvalue weighted by Gasteiger charge is 2.12. The maximum Gasteiger partial charge on any atom is 0.153 e. The quantitative estimate of drug-likeness (QED) is 0.683. The van der Waals surface area contributed by atoms with Gasteiger partial charge in [0, 0.05) is 10.9 Å². The molecule has 2 aromatic rings. The summed E-state index contributed by atoms with van der Waals surface area (Å²) < 4.78 is 10.4. The van der Waals surface area contributed by atoms with Crippen molar-refractivity contribution in [3.05, 3.63) is 29.5 Å². The number of fused-ring (bicyclic) bond motifs is 1. The fourth-order valence-electron chi connectivity index (χ4n) is 1.65. The Labute approximate surface area is 81.3 Å². The number of benzene rings is 1. The first-order valence-electron chi connectivity index (χ1n) is 4.28. The summed E-state index contributed by atoms with van der Waals surface area (Å²) in [5, 5.41) is 0.922. The lowest BCUT2D eigenvalue weighted by atomic mass is 10.1. The van der Waals surface area contributed by atoms with E-state index in [0.29, 0.717) is 11.3 Å². The first-order valence-corrected chi connectivity index (χ1v) is 4.28. The molecule has 0 unspecified atom stereocenters. The summed E-state index contributed by atoms with van der Waals surface area (Å²) in [5.74, 6) is 0.586. The van der Waals surface area contributed by atoms with Crippen LogP contribution in [0.15, 0.2) is 22.8 Å². The van der Waals surface area contributed by atoms with Gasteiger partial charge in [0.1, 0.15) is 11.3 Å². The second-order valence-corrected chi connectivity index (χ2v) is 3.08. The third-order valence-electron chi connectivity index (χ3n) is 2.28. The summed E-state index contributed by atoms with van der Waals surface area (Å²) >= 11 is 0. The molecular weight excluding hydrogens is 180 g/mol. The topological polar surface area (TPSA) is 39.4 Å². The second kappa shape index (κ2) is 3.18. The van der Waals surface area contributed by atoms with Crippen molar-refractivity contribution in [3.63, 3.8) is 0 Å². The van der Waals surface area contributed by atoms with Gasteiger partial charge in [-0.15, -0.1) is 0 Å². The Morgan fingerprint density at radius 1 is 1.50 bits per heavy atom. The molecular formula is C11H10O3. The first kappa shape index (κ1) is 8.81. The van der Waals surface area contributed by atoms with Crippen molar-refractivity contribution in [2.75, 3.05) is 7.11 Å². The van der Waals surface area contributed by atoms with Crippen LogP contribution in [0.5, 0.6) is 5.75 Å². The number of hydrogen-bond donors (Lipinski definition) is 0. The van der Waals surface area contributed by atoms with E-state index in [-0.39, 0.29) is 0 Å². The molecule has 14 heavy (non-hydrogen) atoms. The minimum Gasteiger partial charge on any atom is -0.496 e. The molecule has 3 heteroatoms. The van der Waals surface area contributed by atoms with Crippen LogP contribution in [-0.2, 0) is 0 Å². The number of ether oxygens (including phenoxy) is 1. The molecule has 2 rings (SSSR count). The summed E-state index contributed by atoms with van der Waals surface area (Å²) in [5.41, 5.74) is 2.18. The number of aldehydes is 1. The Morgan fingerprint density at radius 2 is 2.29 bits per heavy atom. The molecule has 0 aliphatic carbocycles. The molecule has 0 fully saturated rings. The summed E-state index contributed by atoms with van der Waals surface area (Å²) in [4.78, 5) is 10.8. The van der Waals surface area contributed by atoms with Crippen molar-refractivity contribution in [1.29, 1.82) is 0 Å². The van der Waals surface area contributed by atoms with Crippen LogP contribution in [0.2, 0.25) is 0 Å². The van der Waals surface area contributed by atoms with E-state index in [4.69, 9.17) is 9.15 Å². The van der Waals surface area contributed by atoms with Crippen LogP contribution in [-0.4, -0.2) is 13.4 Å².